The van der Waals surface area contributed by atoms with E-state index in [-0.39, 0.29) is 0 Å². The molecule has 0 saturated heterocycles. The second-order valence-corrected chi connectivity index (χ2v) is 5.97. The number of furan rings is 1. The summed E-state index contributed by atoms with van der Waals surface area (Å²) in [6, 6.07) is 4.59. The summed E-state index contributed by atoms with van der Waals surface area (Å²) in [5.41, 5.74) is 0.424. The molecule has 1 N–H and O–H groups in total. The molecule has 1 aliphatic carbocycles. The minimum absolute atomic E-state index is 0.381. The molecule has 2 nitrogen and oxygen atoms in total. The van der Waals surface area contributed by atoms with Gasteiger partial charge in [0, 0.05) is 0 Å². The predicted octanol–water partition coefficient (Wildman–Crippen LogP) is 4.06. The topological polar surface area (TPSA) is 25.2 Å². The first kappa shape index (κ1) is 12.7. The summed E-state index contributed by atoms with van der Waals surface area (Å²) < 4.78 is 5.84. The van der Waals surface area contributed by atoms with Crippen LogP contribution in [-0.4, -0.2) is 6.54 Å². The summed E-state index contributed by atoms with van der Waals surface area (Å²) in [6.45, 7) is 9.98. The van der Waals surface area contributed by atoms with Gasteiger partial charge in [-0.2, -0.15) is 0 Å². The second-order valence-electron chi connectivity index (χ2n) is 5.97. The molecule has 1 heterocycles. The van der Waals surface area contributed by atoms with Crippen molar-refractivity contribution in [3.63, 3.8) is 0 Å². The lowest BCUT2D eigenvalue weighted by Gasteiger charge is -2.33. The van der Waals surface area contributed by atoms with E-state index in [0.717, 1.165) is 18.1 Å². The molecule has 96 valence electrons. The lowest BCUT2D eigenvalue weighted by Crippen LogP contribution is -2.33. The molecule has 0 amide bonds. The van der Waals surface area contributed by atoms with Crippen molar-refractivity contribution in [3.05, 3.63) is 23.7 Å². The minimum atomic E-state index is 0.381. The highest BCUT2D eigenvalue weighted by Gasteiger charge is 2.40. The van der Waals surface area contributed by atoms with Gasteiger partial charge in [-0.05, 0) is 49.8 Å². The van der Waals surface area contributed by atoms with Gasteiger partial charge in [0.25, 0.3) is 0 Å². The van der Waals surface area contributed by atoms with Crippen molar-refractivity contribution < 1.29 is 4.42 Å². The normalized spacial score (nSPS) is 25.1. The number of aryl methyl sites for hydroxylation is 1. The Hall–Kier alpha value is -0.760. The zero-order valence-electron chi connectivity index (χ0n) is 11.5. The van der Waals surface area contributed by atoms with Gasteiger partial charge in [0.15, 0.2) is 0 Å². The Bertz CT molecular complexity index is 367. The molecular formula is C15H25NO. The van der Waals surface area contributed by atoms with E-state index in [4.69, 9.17) is 4.42 Å². The van der Waals surface area contributed by atoms with Crippen molar-refractivity contribution in [2.24, 2.45) is 11.3 Å². The van der Waals surface area contributed by atoms with E-state index in [1.807, 2.05) is 6.92 Å². The molecule has 2 rings (SSSR count). The van der Waals surface area contributed by atoms with Crippen molar-refractivity contribution in [1.29, 1.82) is 0 Å². The molecule has 0 bridgehead atoms. The summed E-state index contributed by atoms with van der Waals surface area (Å²) in [5.74, 6) is 2.82. The Labute approximate surface area is 105 Å². The lowest BCUT2D eigenvalue weighted by atomic mass is 9.77. The molecule has 1 saturated carbocycles. The Morgan fingerprint density at radius 2 is 2.24 bits per heavy atom. The Kier molecular flexibility index (Phi) is 3.62. The van der Waals surface area contributed by atoms with Crippen LogP contribution in [0.1, 0.15) is 57.6 Å². The average Bonchev–Trinajstić information content (AvgIpc) is 2.81. The van der Waals surface area contributed by atoms with Crippen LogP contribution in [0.2, 0.25) is 0 Å². The van der Waals surface area contributed by atoms with Gasteiger partial charge < -0.3 is 9.73 Å². The third-order valence-corrected chi connectivity index (χ3v) is 4.23. The van der Waals surface area contributed by atoms with Crippen molar-refractivity contribution in [2.75, 3.05) is 6.54 Å². The molecule has 1 aromatic heterocycles. The average molecular weight is 235 g/mol. The highest BCUT2D eigenvalue weighted by Crippen LogP contribution is 2.48. The largest absolute Gasteiger partial charge is 0.465 e. The summed E-state index contributed by atoms with van der Waals surface area (Å²) in [5, 5.41) is 3.62. The summed E-state index contributed by atoms with van der Waals surface area (Å²) in [7, 11) is 0. The number of rotatable bonds is 4. The second kappa shape index (κ2) is 4.85. The fourth-order valence-corrected chi connectivity index (χ4v) is 3.25. The van der Waals surface area contributed by atoms with Gasteiger partial charge >= 0.3 is 0 Å². The third-order valence-electron chi connectivity index (χ3n) is 4.23. The number of nitrogens with one attached hydrogen (secondary N) is 1. The zero-order valence-corrected chi connectivity index (χ0v) is 11.5. The molecule has 0 radical (unpaired) electrons. The number of hydrogen-bond acceptors (Lipinski definition) is 2. The maximum atomic E-state index is 5.84. The van der Waals surface area contributed by atoms with Crippen molar-refractivity contribution in [2.45, 2.75) is 53.0 Å². The van der Waals surface area contributed by atoms with Crippen LogP contribution in [0.15, 0.2) is 16.5 Å². The fraction of sp³-hybridized carbons (Fsp3) is 0.733. The third kappa shape index (κ3) is 2.57. The van der Waals surface area contributed by atoms with Crippen LogP contribution < -0.4 is 5.32 Å². The molecule has 0 spiro atoms. The Balaban J connectivity index is 2.23. The lowest BCUT2D eigenvalue weighted by molar-refractivity contribution is 0.181. The molecule has 0 aromatic carbocycles. The van der Waals surface area contributed by atoms with Crippen LogP contribution in [-0.2, 0) is 0 Å². The highest BCUT2D eigenvalue weighted by atomic mass is 16.3. The first-order valence-corrected chi connectivity index (χ1v) is 6.84. The quantitative estimate of drug-likeness (QED) is 0.851. The molecule has 0 aliphatic heterocycles. The van der Waals surface area contributed by atoms with Crippen LogP contribution >= 0.6 is 0 Å². The molecule has 2 unspecified atom stereocenters. The maximum absolute atomic E-state index is 5.84. The van der Waals surface area contributed by atoms with Gasteiger partial charge in [-0.25, -0.2) is 0 Å². The van der Waals surface area contributed by atoms with E-state index < -0.39 is 0 Å². The van der Waals surface area contributed by atoms with E-state index in [0.29, 0.717) is 17.4 Å². The van der Waals surface area contributed by atoms with Gasteiger partial charge in [-0.3, -0.25) is 0 Å². The smallest absolute Gasteiger partial charge is 0.121 e. The predicted molar refractivity (Wildman–Crippen MR) is 71.0 cm³/mol. The molecule has 2 heteroatoms. The zero-order chi connectivity index (χ0) is 12.5. The van der Waals surface area contributed by atoms with E-state index in [1.165, 1.54) is 19.3 Å². The Morgan fingerprint density at radius 3 is 2.71 bits per heavy atom. The molecule has 1 fully saturated rings. The van der Waals surface area contributed by atoms with Gasteiger partial charge in [0.1, 0.15) is 11.5 Å². The fourth-order valence-electron chi connectivity index (χ4n) is 3.25. The molecule has 1 aliphatic rings. The molecule has 17 heavy (non-hydrogen) atoms. The SMILES string of the molecule is CCNC(c1ccc(C)o1)C1CCCC1(C)C. The van der Waals surface area contributed by atoms with Crippen molar-refractivity contribution >= 4 is 0 Å². The van der Waals surface area contributed by atoms with Crippen molar-refractivity contribution in [3.8, 4) is 0 Å². The molecule has 1 aromatic rings. The standard InChI is InChI=1S/C15H25NO/c1-5-16-14(13-9-8-11(2)17-13)12-7-6-10-15(12,3)4/h8-9,12,14,16H,5-7,10H2,1-4H3. The molecular weight excluding hydrogens is 210 g/mol. The number of hydrogen-bond donors (Lipinski definition) is 1. The van der Waals surface area contributed by atoms with Crippen LogP contribution in [0.25, 0.3) is 0 Å². The van der Waals surface area contributed by atoms with Crippen LogP contribution in [0.3, 0.4) is 0 Å². The Morgan fingerprint density at radius 1 is 1.47 bits per heavy atom. The van der Waals surface area contributed by atoms with E-state index in [1.54, 1.807) is 0 Å². The monoisotopic (exact) mass is 235 g/mol. The van der Waals surface area contributed by atoms with Crippen molar-refractivity contribution in [1.82, 2.24) is 5.32 Å². The van der Waals surface area contributed by atoms with Gasteiger partial charge in [-0.1, -0.05) is 27.2 Å². The van der Waals surface area contributed by atoms with E-state index >= 15 is 0 Å². The van der Waals surface area contributed by atoms with E-state index in [2.05, 4.69) is 38.2 Å². The highest BCUT2D eigenvalue weighted by molar-refractivity contribution is 5.12. The van der Waals surface area contributed by atoms with Gasteiger partial charge in [0.2, 0.25) is 0 Å². The van der Waals surface area contributed by atoms with Gasteiger partial charge in [-0.15, -0.1) is 0 Å². The minimum Gasteiger partial charge on any atom is -0.465 e. The maximum Gasteiger partial charge on any atom is 0.121 e. The van der Waals surface area contributed by atoms with E-state index in [9.17, 15) is 0 Å². The molecule has 2 atom stereocenters. The van der Waals surface area contributed by atoms with Crippen LogP contribution in [0.5, 0.6) is 0 Å². The van der Waals surface area contributed by atoms with Gasteiger partial charge in [0.05, 0.1) is 6.04 Å². The summed E-state index contributed by atoms with van der Waals surface area (Å²) >= 11 is 0. The summed E-state index contributed by atoms with van der Waals surface area (Å²) in [4.78, 5) is 0. The first-order valence-electron chi connectivity index (χ1n) is 6.84. The van der Waals surface area contributed by atoms with Crippen LogP contribution in [0.4, 0.5) is 0 Å². The van der Waals surface area contributed by atoms with Crippen LogP contribution in [0, 0.1) is 18.3 Å². The summed E-state index contributed by atoms with van der Waals surface area (Å²) in [6.07, 6.45) is 3.99. The first-order chi connectivity index (χ1) is 8.04.